The molecule has 0 amide bonds. The van der Waals surface area contributed by atoms with Crippen molar-refractivity contribution in [2.24, 2.45) is 5.73 Å². The Bertz CT molecular complexity index is 333. The first-order valence-corrected chi connectivity index (χ1v) is 4.68. The second-order valence-corrected chi connectivity index (χ2v) is 3.67. The number of ether oxygens (including phenoxy) is 1. The number of hydrogen-bond acceptors (Lipinski definition) is 2. The molecule has 2 rings (SSSR count). The Morgan fingerprint density at radius 3 is 2.92 bits per heavy atom. The van der Waals surface area contributed by atoms with Crippen LogP contribution in [0.2, 0.25) is 0 Å². The third-order valence-electron chi connectivity index (χ3n) is 2.78. The topological polar surface area (TPSA) is 35.2 Å². The van der Waals surface area contributed by atoms with Crippen LogP contribution in [0.5, 0.6) is 5.75 Å². The first-order chi connectivity index (χ1) is 6.20. The molecule has 0 fully saturated rings. The Labute approximate surface area is 78.7 Å². The Morgan fingerprint density at radius 1 is 1.38 bits per heavy atom. The van der Waals surface area contributed by atoms with Crippen LogP contribution in [0, 0.1) is 13.8 Å². The fraction of sp³-hybridized carbons (Fsp3) is 0.455. The lowest BCUT2D eigenvalue weighted by atomic mass is 9.96. The second-order valence-electron chi connectivity index (χ2n) is 3.67. The fourth-order valence-corrected chi connectivity index (χ4v) is 1.74. The minimum absolute atomic E-state index is 0.156. The molecule has 2 N–H and O–H groups in total. The zero-order valence-corrected chi connectivity index (χ0v) is 8.13. The van der Waals surface area contributed by atoms with Crippen molar-refractivity contribution >= 4 is 0 Å². The summed E-state index contributed by atoms with van der Waals surface area (Å²) in [7, 11) is 0. The Kier molecular flexibility index (Phi) is 2.00. The molecule has 13 heavy (non-hydrogen) atoms. The molecule has 0 saturated heterocycles. The van der Waals surface area contributed by atoms with Gasteiger partial charge in [-0.25, -0.2) is 0 Å². The summed E-state index contributed by atoms with van der Waals surface area (Å²) in [6.45, 7) is 4.93. The van der Waals surface area contributed by atoms with Crippen molar-refractivity contribution in [2.45, 2.75) is 26.3 Å². The molecule has 1 aromatic carbocycles. The van der Waals surface area contributed by atoms with Gasteiger partial charge in [0.25, 0.3) is 0 Å². The third kappa shape index (κ3) is 1.31. The van der Waals surface area contributed by atoms with Crippen LogP contribution in [-0.2, 0) is 0 Å². The van der Waals surface area contributed by atoms with E-state index in [1.165, 1.54) is 11.1 Å². The van der Waals surface area contributed by atoms with E-state index in [1.807, 2.05) is 0 Å². The Balaban J connectivity index is 2.56. The van der Waals surface area contributed by atoms with Crippen molar-refractivity contribution in [3.8, 4) is 5.75 Å². The predicted octanol–water partition coefficient (Wildman–Crippen LogP) is 2.09. The van der Waals surface area contributed by atoms with E-state index in [1.54, 1.807) is 0 Å². The molecule has 1 aliphatic rings. The van der Waals surface area contributed by atoms with Crippen LogP contribution in [0.4, 0.5) is 0 Å². The zero-order valence-electron chi connectivity index (χ0n) is 8.13. The number of rotatable bonds is 0. The van der Waals surface area contributed by atoms with E-state index in [2.05, 4.69) is 26.0 Å². The zero-order chi connectivity index (χ0) is 9.42. The van der Waals surface area contributed by atoms with E-state index in [0.717, 1.165) is 24.3 Å². The highest BCUT2D eigenvalue weighted by molar-refractivity contribution is 5.47. The molecule has 0 saturated carbocycles. The van der Waals surface area contributed by atoms with E-state index < -0.39 is 0 Å². The average Bonchev–Trinajstić information content (AvgIpc) is 2.12. The van der Waals surface area contributed by atoms with Crippen molar-refractivity contribution in [1.29, 1.82) is 0 Å². The molecule has 1 aliphatic heterocycles. The van der Waals surface area contributed by atoms with E-state index in [0.29, 0.717) is 0 Å². The number of benzene rings is 1. The van der Waals surface area contributed by atoms with Crippen LogP contribution in [0.15, 0.2) is 12.1 Å². The van der Waals surface area contributed by atoms with Crippen LogP contribution >= 0.6 is 0 Å². The molecular formula is C11H15NO. The summed E-state index contributed by atoms with van der Waals surface area (Å²) in [4.78, 5) is 0. The van der Waals surface area contributed by atoms with Gasteiger partial charge in [0, 0.05) is 18.0 Å². The number of fused-ring (bicyclic) bond motifs is 1. The van der Waals surface area contributed by atoms with Crippen molar-refractivity contribution in [3.63, 3.8) is 0 Å². The van der Waals surface area contributed by atoms with Crippen molar-refractivity contribution in [1.82, 2.24) is 0 Å². The van der Waals surface area contributed by atoms with Gasteiger partial charge in [0.05, 0.1) is 6.61 Å². The van der Waals surface area contributed by atoms with E-state index in [-0.39, 0.29) is 6.04 Å². The summed E-state index contributed by atoms with van der Waals surface area (Å²) in [5, 5.41) is 0. The van der Waals surface area contributed by atoms with Gasteiger partial charge in [-0.2, -0.15) is 0 Å². The summed E-state index contributed by atoms with van der Waals surface area (Å²) in [6.07, 6.45) is 0.926. The minimum atomic E-state index is 0.156. The van der Waals surface area contributed by atoms with Gasteiger partial charge < -0.3 is 10.5 Å². The average molecular weight is 177 g/mol. The maximum Gasteiger partial charge on any atom is 0.127 e. The Hall–Kier alpha value is -1.02. The lowest BCUT2D eigenvalue weighted by Crippen LogP contribution is -2.21. The smallest absolute Gasteiger partial charge is 0.127 e. The highest BCUT2D eigenvalue weighted by Crippen LogP contribution is 2.34. The van der Waals surface area contributed by atoms with Gasteiger partial charge in [-0.3, -0.25) is 0 Å². The standard InChI is InChI=1S/C11H15NO/c1-7-3-4-9-10(12)5-6-13-11(9)8(7)2/h3-4,10H,5-6,12H2,1-2H3/t10-/m0/s1. The quantitative estimate of drug-likeness (QED) is 0.658. The van der Waals surface area contributed by atoms with Gasteiger partial charge in [-0.15, -0.1) is 0 Å². The van der Waals surface area contributed by atoms with Crippen LogP contribution in [-0.4, -0.2) is 6.61 Å². The van der Waals surface area contributed by atoms with Gasteiger partial charge in [0.2, 0.25) is 0 Å². The lowest BCUT2D eigenvalue weighted by molar-refractivity contribution is 0.267. The van der Waals surface area contributed by atoms with E-state index in [9.17, 15) is 0 Å². The van der Waals surface area contributed by atoms with Gasteiger partial charge in [-0.05, 0) is 25.0 Å². The maximum atomic E-state index is 5.99. The largest absolute Gasteiger partial charge is 0.493 e. The molecule has 1 heterocycles. The maximum absolute atomic E-state index is 5.99. The SMILES string of the molecule is Cc1ccc2c(c1C)OCC[C@@H]2N. The Morgan fingerprint density at radius 2 is 2.15 bits per heavy atom. The molecule has 0 unspecified atom stereocenters. The molecule has 0 aliphatic carbocycles. The molecule has 2 nitrogen and oxygen atoms in total. The summed E-state index contributed by atoms with van der Waals surface area (Å²) in [6, 6.07) is 4.35. The van der Waals surface area contributed by atoms with Crippen molar-refractivity contribution in [3.05, 3.63) is 28.8 Å². The van der Waals surface area contributed by atoms with Gasteiger partial charge in [0.1, 0.15) is 5.75 Å². The van der Waals surface area contributed by atoms with Crippen LogP contribution in [0.25, 0.3) is 0 Å². The number of hydrogen-bond donors (Lipinski definition) is 1. The molecule has 0 bridgehead atoms. The molecular weight excluding hydrogens is 162 g/mol. The third-order valence-corrected chi connectivity index (χ3v) is 2.78. The summed E-state index contributed by atoms with van der Waals surface area (Å²) in [5.74, 6) is 1.01. The lowest BCUT2D eigenvalue weighted by Gasteiger charge is -2.25. The molecule has 2 heteroatoms. The first kappa shape index (κ1) is 8.57. The number of aryl methyl sites for hydroxylation is 1. The van der Waals surface area contributed by atoms with Gasteiger partial charge >= 0.3 is 0 Å². The van der Waals surface area contributed by atoms with Crippen LogP contribution in [0.1, 0.15) is 29.2 Å². The van der Waals surface area contributed by atoms with Gasteiger partial charge in [0.15, 0.2) is 0 Å². The van der Waals surface area contributed by atoms with Crippen LogP contribution < -0.4 is 10.5 Å². The fourth-order valence-electron chi connectivity index (χ4n) is 1.74. The van der Waals surface area contributed by atoms with Crippen molar-refractivity contribution < 1.29 is 4.74 Å². The monoisotopic (exact) mass is 177 g/mol. The normalized spacial score (nSPS) is 20.7. The molecule has 0 radical (unpaired) electrons. The molecule has 1 atom stereocenters. The summed E-state index contributed by atoms with van der Waals surface area (Å²) in [5.41, 5.74) is 9.65. The second kappa shape index (κ2) is 3.04. The molecule has 1 aromatic rings. The first-order valence-electron chi connectivity index (χ1n) is 4.68. The van der Waals surface area contributed by atoms with E-state index >= 15 is 0 Å². The minimum Gasteiger partial charge on any atom is -0.493 e. The molecule has 70 valence electrons. The van der Waals surface area contributed by atoms with E-state index in [4.69, 9.17) is 10.5 Å². The molecule has 0 spiro atoms. The number of nitrogens with two attached hydrogens (primary N) is 1. The summed E-state index contributed by atoms with van der Waals surface area (Å²) < 4.78 is 5.63. The highest BCUT2D eigenvalue weighted by Gasteiger charge is 2.19. The van der Waals surface area contributed by atoms with Gasteiger partial charge in [-0.1, -0.05) is 12.1 Å². The van der Waals surface area contributed by atoms with Crippen LogP contribution in [0.3, 0.4) is 0 Å². The van der Waals surface area contributed by atoms with Crippen molar-refractivity contribution in [2.75, 3.05) is 6.61 Å². The highest BCUT2D eigenvalue weighted by atomic mass is 16.5. The summed E-state index contributed by atoms with van der Waals surface area (Å²) >= 11 is 0. The predicted molar refractivity (Wildman–Crippen MR) is 53.0 cm³/mol. The molecule has 0 aromatic heterocycles.